The van der Waals surface area contributed by atoms with Crippen molar-refractivity contribution >= 4 is 17.4 Å². The van der Waals surface area contributed by atoms with Gasteiger partial charge in [-0.15, -0.1) is 0 Å². The standard InChI is InChI=1S/C11H12ClF3N2/c1-7(2)3-4-16-10-6-8(11(13,14)15)5-9(12)17-10/h3,5-6H,4H2,1-2H3,(H,16,17). The molecule has 0 aliphatic carbocycles. The summed E-state index contributed by atoms with van der Waals surface area (Å²) in [5, 5.41) is 2.58. The van der Waals surface area contributed by atoms with Gasteiger partial charge >= 0.3 is 6.18 Å². The van der Waals surface area contributed by atoms with Gasteiger partial charge in [0, 0.05) is 6.54 Å². The predicted octanol–water partition coefficient (Wildman–Crippen LogP) is 4.13. The van der Waals surface area contributed by atoms with Crippen molar-refractivity contribution in [1.82, 2.24) is 4.98 Å². The molecule has 0 aliphatic heterocycles. The summed E-state index contributed by atoms with van der Waals surface area (Å²) >= 11 is 5.53. The molecular weight excluding hydrogens is 253 g/mol. The molecule has 1 aromatic heterocycles. The van der Waals surface area contributed by atoms with Gasteiger partial charge in [0.15, 0.2) is 0 Å². The van der Waals surface area contributed by atoms with E-state index in [1.165, 1.54) is 0 Å². The zero-order valence-electron chi connectivity index (χ0n) is 9.40. The van der Waals surface area contributed by atoms with E-state index in [0.29, 0.717) is 6.54 Å². The van der Waals surface area contributed by atoms with Gasteiger partial charge in [-0.05, 0) is 26.0 Å². The molecule has 1 N–H and O–H groups in total. The molecule has 0 aliphatic rings. The molecule has 1 aromatic rings. The largest absolute Gasteiger partial charge is 0.416 e. The molecule has 94 valence electrons. The van der Waals surface area contributed by atoms with Crippen molar-refractivity contribution in [3.05, 3.63) is 34.5 Å². The lowest BCUT2D eigenvalue weighted by Gasteiger charge is -2.09. The molecule has 0 radical (unpaired) electrons. The van der Waals surface area contributed by atoms with E-state index in [1.807, 2.05) is 19.9 Å². The second kappa shape index (κ2) is 5.40. The Hall–Kier alpha value is -1.23. The Balaban J connectivity index is 2.87. The van der Waals surface area contributed by atoms with Gasteiger partial charge < -0.3 is 5.32 Å². The third kappa shape index (κ3) is 4.65. The van der Waals surface area contributed by atoms with Crippen molar-refractivity contribution in [3.8, 4) is 0 Å². The minimum Gasteiger partial charge on any atom is -0.367 e. The molecule has 17 heavy (non-hydrogen) atoms. The summed E-state index contributed by atoms with van der Waals surface area (Å²) in [6, 6.07) is 1.73. The maximum absolute atomic E-state index is 12.5. The Labute approximate surface area is 103 Å². The van der Waals surface area contributed by atoms with Crippen LogP contribution in [-0.4, -0.2) is 11.5 Å². The number of nitrogens with zero attached hydrogens (tertiary/aromatic N) is 1. The van der Waals surface area contributed by atoms with Crippen LogP contribution in [0.5, 0.6) is 0 Å². The lowest BCUT2D eigenvalue weighted by atomic mass is 10.2. The minimum absolute atomic E-state index is 0.113. The number of rotatable bonds is 3. The second-order valence-corrected chi connectivity index (χ2v) is 4.11. The third-order valence-corrected chi connectivity index (χ3v) is 2.11. The third-order valence-electron chi connectivity index (χ3n) is 1.91. The molecule has 0 spiro atoms. The van der Waals surface area contributed by atoms with E-state index >= 15 is 0 Å². The van der Waals surface area contributed by atoms with Crippen molar-refractivity contribution in [2.45, 2.75) is 20.0 Å². The quantitative estimate of drug-likeness (QED) is 0.656. The molecule has 0 fully saturated rings. The molecule has 2 nitrogen and oxygen atoms in total. The van der Waals surface area contributed by atoms with Crippen molar-refractivity contribution in [2.75, 3.05) is 11.9 Å². The highest BCUT2D eigenvalue weighted by Crippen LogP contribution is 2.31. The summed E-state index contributed by atoms with van der Waals surface area (Å²) in [4.78, 5) is 3.77. The normalized spacial score (nSPS) is 11.2. The van der Waals surface area contributed by atoms with Gasteiger partial charge in [-0.25, -0.2) is 4.98 Å². The average molecular weight is 265 g/mol. The first-order valence-electron chi connectivity index (χ1n) is 4.91. The van der Waals surface area contributed by atoms with Gasteiger partial charge in [-0.3, -0.25) is 0 Å². The van der Waals surface area contributed by atoms with Gasteiger partial charge in [0.1, 0.15) is 11.0 Å². The molecule has 1 rings (SSSR count). The van der Waals surface area contributed by atoms with E-state index in [1.54, 1.807) is 0 Å². The Bertz CT molecular complexity index is 423. The fourth-order valence-electron chi connectivity index (χ4n) is 1.11. The van der Waals surface area contributed by atoms with Crippen molar-refractivity contribution in [3.63, 3.8) is 0 Å². The number of halogens is 4. The Morgan fingerprint density at radius 2 is 2.06 bits per heavy atom. The van der Waals surface area contributed by atoms with Crippen LogP contribution in [0.3, 0.4) is 0 Å². The van der Waals surface area contributed by atoms with Gasteiger partial charge in [-0.2, -0.15) is 13.2 Å². The summed E-state index contributed by atoms with van der Waals surface area (Å²) < 4.78 is 37.4. The summed E-state index contributed by atoms with van der Waals surface area (Å²) in [6.45, 7) is 4.20. The number of aromatic nitrogens is 1. The van der Waals surface area contributed by atoms with E-state index in [0.717, 1.165) is 17.7 Å². The van der Waals surface area contributed by atoms with Gasteiger partial charge in [0.25, 0.3) is 0 Å². The molecule has 1 heterocycles. The second-order valence-electron chi connectivity index (χ2n) is 3.72. The number of hydrogen-bond donors (Lipinski definition) is 1. The number of pyridine rings is 1. The number of alkyl halides is 3. The predicted molar refractivity (Wildman–Crippen MR) is 62.2 cm³/mol. The van der Waals surface area contributed by atoms with Crippen LogP contribution in [0, 0.1) is 0 Å². The lowest BCUT2D eigenvalue weighted by molar-refractivity contribution is -0.137. The fourth-order valence-corrected chi connectivity index (χ4v) is 1.32. The number of anilines is 1. The zero-order chi connectivity index (χ0) is 13.1. The number of nitrogens with one attached hydrogen (secondary N) is 1. The lowest BCUT2D eigenvalue weighted by Crippen LogP contribution is -2.08. The first-order valence-corrected chi connectivity index (χ1v) is 5.29. The highest BCUT2D eigenvalue weighted by Gasteiger charge is 2.31. The van der Waals surface area contributed by atoms with Crippen LogP contribution in [0.1, 0.15) is 19.4 Å². The topological polar surface area (TPSA) is 24.9 Å². The zero-order valence-corrected chi connectivity index (χ0v) is 10.2. The molecule has 0 unspecified atom stereocenters. The van der Waals surface area contributed by atoms with Crippen molar-refractivity contribution in [1.29, 1.82) is 0 Å². The van der Waals surface area contributed by atoms with Crippen molar-refractivity contribution in [2.24, 2.45) is 0 Å². The van der Waals surface area contributed by atoms with E-state index in [9.17, 15) is 13.2 Å². The molecule has 0 bridgehead atoms. The summed E-state index contributed by atoms with van der Waals surface area (Å²) in [5.41, 5.74) is 0.257. The van der Waals surface area contributed by atoms with Crippen LogP contribution in [-0.2, 0) is 6.18 Å². The molecule has 6 heteroatoms. The highest BCUT2D eigenvalue weighted by atomic mass is 35.5. The highest BCUT2D eigenvalue weighted by molar-refractivity contribution is 6.29. The SMILES string of the molecule is CC(C)=CCNc1cc(C(F)(F)F)cc(Cl)n1. The Kier molecular flexibility index (Phi) is 4.40. The van der Waals surface area contributed by atoms with Crippen LogP contribution in [0.15, 0.2) is 23.8 Å². The summed E-state index contributed by atoms with van der Waals surface area (Å²) in [5.74, 6) is 0.113. The van der Waals surface area contributed by atoms with Gasteiger partial charge in [0.2, 0.25) is 0 Å². The van der Waals surface area contributed by atoms with E-state index in [-0.39, 0.29) is 11.0 Å². The summed E-state index contributed by atoms with van der Waals surface area (Å²) in [7, 11) is 0. The molecular formula is C11H12ClF3N2. The van der Waals surface area contributed by atoms with Crippen molar-refractivity contribution < 1.29 is 13.2 Å². The fraction of sp³-hybridized carbons (Fsp3) is 0.364. The molecule has 0 atom stereocenters. The Morgan fingerprint density at radius 3 is 2.59 bits per heavy atom. The maximum Gasteiger partial charge on any atom is 0.416 e. The first-order chi connectivity index (χ1) is 7.79. The monoisotopic (exact) mass is 264 g/mol. The van der Waals surface area contributed by atoms with Crippen LogP contribution in [0.25, 0.3) is 0 Å². The average Bonchev–Trinajstić information content (AvgIpc) is 2.14. The minimum atomic E-state index is -4.42. The molecule has 0 aromatic carbocycles. The maximum atomic E-state index is 12.5. The van der Waals surface area contributed by atoms with Crippen LogP contribution in [0.4, 0.5) is 19.0 Å². The smallest absolute Gasteiger partial charge is 0.367 e. The summed E-state index contributed by atoms with van der Waals surface area (Å²) in [6.07, 6.45) is -2.57. The van der Waals surface area contributed by atoms with Crippen LogP contribution in [0.2, 0.25) is 5.15 Å². The molecule has 0 saturated carbocycles. The van der Waals surface area contributed by atoms with Crippen LogP contribution < -0.4 is 5.32 Å². The molecule has 0 saturated heterocycles. The van der Waals surface area contributed by atoms with Crippen LogP contribution >= 0.6 is 11.6 Å². The number of hydrogen-bond acceptors (Lipinski definition) is 2. The van der Waals surface area contributed by atoms with Gasteiger partial charge in [-0.1, -0.05) is 23.3 Å². The van der Waals surface area contributed by atoms with E-state index in [4.69, 9.17) is 11.6 Å². The van der Waals surface area contributed by atoms with E-state index < -0.39 is 11.7 Å². The Morgan fingerprint density at radius 1 is 1.41 bits per heavy atom. The van der Waals surface area contributed by atoms with Gasteiger partial charge in [0.05, 0.1) is 5.56 Å². The molecule has 0 amide bonds. The first kappa shape index (κ1) is 13.8. The number of allylic oxidation sites excluding steroid dienone is 1. The van der Waals surface area contributed by atoms with E-state index in [2.05, 4.69) is 10.3 Å².